The summed E-state index contributed by atoms with van der Waals surface area (Å²) in [5.74, 6) is -2.34. The van der Waals surface area contributed by atoms with Gasteiger partial charge in [0.25, 0.3) is 0 Å². The molecule has 0 radical (unpaired) electrons. The van der Waals surface area contributed by atoms with Gasteiger partial charge < -0.3 is 4.74 Å². The number of sulfonamides is 1. The van der Waals surface area contributed by atoms with E-state index in [1.807, 2.05) is 6.92 Å². The predicted molar refractivity (Wildman–Crippen MR) is 94.5 cm³/mol. The first-order valence-corrected chi connectivity index (χ1v) is 9.94. The van der Waals surface area contributed by atoms with Crippen molar-refractivity contribution < 1.29 is 26.7 Å². The normalized spacial score (nSPS) is 12.4. The molecule has 1 aromatic heterocycles. The molecule has 10 heteroatoms. The van der Waals surface area contributed by atoms with E-state index >= 15 is 0 Å². The third-order valence-electron chi connectivity index (χ3n) is 3.20. The number of thiazole rings is 1. The molecule has 1 unspecified atom stereocenters. The van der Waals surface area contributed by atoms with Crippen LogP contribution in [0.25, 0.3) is 0 Å². The Bertz CT molecular complexity index is 913. The van der Waals surface area contributed by atoms with Gasteiger partial charge in [0, 0.05) is 18.1 Å². The van der Waals surface area contributed by atoms with E-state index in [0.717, 1.165) is 29.5 Å². The number of nitrogens with zero attached hydrogens (tertiary/aromatic N) is 1. The summed E-state index contributed by atoms with van der Waals surface area (Å²) in [6.45, 7) is 5.22. The molecule has 1 atom stereocenters. The number of nitrogens with one attached hydrogen (secondary N) is 1. The molecular formula is C16H16F2N2O4S2. The van der Waals surface area contributed by atoms with Crippen molar-refractivity contribution in [2.75, 3.05) is 4.72 Å². The number of halogens is 2. The van der Waals surface area contributed by atoms with Gasteiger partial charge in [0.05, 0.1) is 5.38 Å². The third-order valence-corrected chi connectivity index (χ3v) is 5.66. The molecule has 0 aliphatic rings. The maximum atomic E-state index is 13.9. The molecule has 0 spiro atoms. The lowest BCUT2D eigenvalue weighted by Gasteiger charge is -2.15. The molecule has 0 saturated heterocycles. The second-order valence-electron chi connectivity index (χ2n) is 5.18. The highest BCUT2D eigenvalue weighted by Gasteiger charge is 2.28. The van der Waals surface area contributed by atoms with Crippen LogP contribution in [0, 0.1) is 11.6 Å². The lowest BCUT2D eigenvalue weighted by molar-refractivity contribution is -0.134. The second-order valence-corrected chi connectivity index (χ2v) is 7.84. The van der Waals surface area contributed by atoms with E-state index in [9.17, 15) is 22.0 Å². The molecule has 0 amide bonds. The number of hydrogen-bond acceptors (Lipinski definition) is 6. The van der Waals surface area contributed by atoms with E-state index in [4.69, 9.17) is 4.74 Å². The van der Waals surface area contributed by atoms with Gasteiger partial charge in [0.15, 0.2) is 5.13 Å². The van der Waals surface area contributed by atoms with Crippen LogP contribution in [0.3, 0.4) is 0 Å². The molecule has 2 rings (SSSR count). The van der Waals surface area contributed by atoms with Gasteiger partial charge in [-0.05, 0) is 12.5 Å². The van der Waals surface area contributed by atoms with Crippen molar-refractivity contribution in [2.45, 2.75) is 25.0 Å². The van der Waals surface area contributed by atoms with Crippen LogP contribution < -0.4 is 9.46 Å². The first-order chi connectivity index (χ1) is 12.3. The average Bonchev–Trinajstić information content (AvgIpc) is 2.96. The molecule has 6 nitrogen and oxygen atoms in total. The zero-order valence-corrected chi connectivity index (χ0v) is 15.4. The van der Waals surface area contributed by atoms with E-state index in [-0.39, 0.29) is 23.0 Å². The van der Waals surface area contributed by atoms with Gasteiger partial charge >= 0.3 is 5.97 Å². The van der Waals surface area contributed by atoms with Crippen LogP contribution in [0.2, 0.25) is 0 Å². The molecule has 1 aromatic carbocycles. The van der Waals surface area contributed by atoms with Crippen molar-refractivity contribution in [1.29, 1.82) is 0 Å². The summed E-state index contributed by atoms with van der Waals surface area (Å²) < 4.78 is 59.2. The number of ether oxygens (including phenoxy) is 1. The van der Waals surface area contributed by atoms with Gasteiger partial charge in [-0.25, -0.2) is 17.2 Å². The molecule has 26 heavy (non-hydrogen) atoms. The van der Waals surface area contributed by atoms with Crippen LogP contribution in [0.5, 0.6) is 5.88 Å². The van der Waals surface area contributed by atoms with Crippen molar-refractivity contribution >= 4 is 32.5 Å². The lowest BCUT2D eigenvalue weighted by atomic mass is 10.1. The molecule has 0 aliphatic heterocycles. The largest absolute Gasteiger partial charge is 0.406 e. The van der Waals surface area contributed by atoms with Gasteiger partial charge in [-0.1, -0.05) is 19.1 Å². The Morgan fingerprint density at radius 3 is 2.81 bits per heavy atom. The molecular weight excluding hydrogens is 386 g/mol. The summed E-state index contributed by atoms with van der Waals surface area (Å²) >= 11 is 0.900. The van der Waals surface area contributed by atoms with E-state index in [1.165, 1.54) is 5.38 Å². The molecule has 0 aliphatic carbocycles. The zero-order valence-electron chi connectivity index (χ0n) is 13.7. The minimum absolute atomic E-state index is 0.0331. The Labute approximate surface area is 153 Å². The SMILES string of the molecule is C=CC(c1ccc(F)cc1F)S(=O)(=O)Nc1nc(OC(=O)CCC)cs1. The van der Waals surface area contributed by atoms with Gasteiger partial charge in [0.1, 0.15) is 16.9 Å². The summed E-state index contributed by atoms with van der Waals surface area (Å²) in [5.41, 5.74) is -0.250. The highest BCUT2D eigenvalue weighted by Crippen LogP contribution is 2.30. The second kappa shape index (κ2) is 8.37. The third kappa shape index (κ3) is 4.85. The van der Waals surface area contributed by atoms with E-state index in [1.54, 1.807) is 0 Å². The maximum Gasteiger partial charge on any atom is 0.312 e. The number of aromatic nitrogens is 1. The van der Waals surface area contributed by atoms with Crippen LogP contribution in [-0.4, -0.2) is 19.4 Å². The van der Waals surface area contributed by atoms with Crippen LogP contribution in [0.15, 0.2) is 36.2 Å². The van der Waals surface area contributed by atoms with Crippen molar-refractivity contribution in [1.82, 2.24) is 4.98 Å². The molecule has 0 fully saturated rings. The topological polar surface area (TPSA) is 85.4 Å². The summed E-state index contributed by atoms with van der Waals surface area (Å²) in [5, 5.41) is -0.149. The Balaban J connectivity index is 2.20. The molecule has 0 bridgehead atoms. The summed E-state index contributed by atoms with van der Waals surface area (Å²) in [7, 11) is -4.16. The highest BCUT2D eigenvalue weighted by atomic mass is 32.2. The number of rotatable bonds is 8. The van der Waals surface area contributed by atoms with Crippen LogP contribution in [-0.2, 0) is 14.8 Å². The fraction of sp³-hybridized carbons (Fsp3) is 0.250. The molecule has 0 saturated carbocycles. The average molecular weight is 402 g/mol. The van der Waals surface area contributed by atoms with Crippen LogP contribution in [0.4, 0.5) is 13.9 Å². The Morgan fingerprint density at radius 1 is 1.46 bits per heavy atom. The highest BCUT2D eigenvalue weighted by molar-refractivity contribution is 7.93. The summed E-state index contributed by atoms with van der Waals surface area (Å²) in [4.78, 5) is 15.3. The van der Waals surface area contributed by atoms with Crippen molar-refractivity contribution in [3.05, 3.63) is 53.4 Å². The van der Waals surface area contributed by atoms with Gasteiger partial charge in [0.2, 0.25) is 15.9 Å². The van der Waals surface area contributed by atoms with Crippen LogP contribution in [0.1, 0.15) is 30.6 Å². The summed E-state index contributed by atoms with van der Waals surface area (Å²) in [6, 6.07) is 2.59. The van der Waals surface area contributed by atoms with Crippen molar-refractivity contribution in [3.63, 3.8) is 0 Å². The minimum atomic E-state index is -4.16. The quantitative estimate of drug-likeness (QED) is 0.536. The smallest absolute Gasteiger partial charge is 0.312 e. The molecule has 140 valence electrons. The first-order valence-electron chi connectivity index (χ1n) is 7.52. The minimum Gasteiger partial charge on any atom is -0.406 e. The molecule has 1 N–H and O–H groups in total. The maximum absolute atomic E-state index is 13.9. The fourth-order valence-corrected chi connectivity index (χ4v) is 4.25. The number of hydrogen-bond donors (Lipinski definition) is 1. The molecule has 1 heterocycles. The number of esters is 1. The van der Waals surface area contributed by atoms with E-state index in [0.29, 0.717) is 12.5 Å². The number of carbonyl (C=O) groups is 1. The Morgan fingerprint density at radius 2 is 2.19 bits per heavy atom. The van der Waals surface area contributed by atoms with Gasteiger partial charge in [-0.3, -0.25) is 9.52 Å². The fourth-order valence-electron chi connectivity index (χ4n) is 2.06. The lowest BCUT2D eigenvalue weighted by Crippen LogP contribution is -2.21. The number of benzene rings is 1. The number of carbonyl (C=O) groups excluding carboxylic acids is 1. The first kappa shape index (κ1) is 20.0. The summed E-state index contributed by atoms with van der Waals surface area (Å²) in [6.07, 6.45) is 1.84. The Hall–Kier alpha value is -2.33. The zero-order chi connectivity index (χ0) is 19.3. The molecule has 2 aromatic rings. The van der Waals surface area contributed by atoms with E-state index in [2.05, 4.69) is 16.3 Å². The van der Waals surface area contributed by atoms with Gasteiger partial charge in [-0.15, -0.1) is 17.9 Å². The number of anilines is 1. The standard InChI is InChI=1S/C16H16F2N2O4S2/c1-3-5-15(21)24-14-9-25-16(19-14)20-26(22,23)13(4-2)11-7-6-10(17)8-12(11)18/h4,6-9,13H,2-3,5H2,1H3,(H,19,20). The Kier molecular flexibility index (Phi) is 6.43. The van der Waals surface area contributed by atoms with E-state index < -0.39 is 32.9 Å². The van der Waals surface area contributed by atoms with Gasteiger partial charge in [-0.2, -0.15) is 4.98 Å². The van der Waals surface area contributed by atoms with Crippen molar-refractivity contribution in [2.24, 2.45) is 0 Å². The van der Waals surface area contributed by atoms with Crippen molar-refractivity contribution in [3.8, 4) is 5.88 Å². The monoisotopic (exact) mass is 402 g/mol. The predicted octanol–water partition coefficient (Wildman–Crippen LogP) is 3.80. The van der Waals surface area contributed by atoms with Crippen LogP contribution >= 0.6 is 11.3 Å².